The molecule has 0 bridgehead atoms. The second-order valence-corrected chi connectivity index (χ2v) is 3.56. The third-order valence-electron chi connectivity index (χ3n) is 2.46. The van der Waals surface area contributed by atoms with E-state index in [4.69, 9.17) is 9.47 Å². The summed E-state index contributed by atoms with van der Waals surface area (Å²) in [6.07, 6.45) is 0.550. The van der Waals surface area contributed by atoms with Gasteiger partial charge in [0.2, 0.25) is 0 Å². The molecule has 5 heteroatoms. The van der Waals surface area contributed by atoms with Gasteiger partial charge in [0.25, 0.3) is 0 Å². The lowest BCUT2D eigenvalue weighted by molar-refractivity contribution is -0.144. The molecule has 0 saturated heterocycles. The topological polar surface area (TPSA) is 55.8 Å². The normalized spacial score (nSPS) is 11.8. The largest absolute Gasteiger partial charge is 0.466 e. The fourth-order valence-corrected chi connectivity index (χ4v) is 1.63. The number of amides is 1. The summed E-state index contributed by atoms with van der Waals surface area (Å²) in [7, 11) is 0. The van der Waals surface area contributed by atoms with Crippen LogP contribution in [0.1, 0.15) is 40.5 Å². The van der Waals surface area contributed by atoms with E-state index in [0.29, 0.717) is 26.2 Å². The molecular weight excluding hydrogens is 222 g/mol. The van der Waals surface area contributed by atoms with E-state index in [-0.39, 0.29) is 24.5 Å². The van der Waals surface area contributed by atoms with E-state index in [1.807, 2.05) is 13.8 Å². The van der Waals surface area contributed by atoms with Gasteiger partial charge in [0.15, 0.2) is 0 Å². The van der Waals surface area contributed by atoms with Crippen molar-refractivity contribution in [2.45, 2.75) is 46.6 Å². The standard InChI is InChI=1S/C12H23NO4/c1-5-10(9-11(14)16-7-3)13(6-2)12(15)17-8-4/h10H,5-9H2,1-4H3. The molecule has 0 aromatic rings. The molecule has 0 rings (SSSR count). The molecule has 0 aromatic carbocycles. The molecule has 0 aromatic heterocycles. The molecule has 5 nitrogen and oxygen atoms in total. The van der Waals surface area contributed by atoms with Crippen molar-refractivity contribution in [1.82, 2.24) is 4.90 Å². The highest BCUT2D eigenvalue weighted by molar-refractivity contribution is 5.72. The van der Waals surface area contributed by atoms with Crippen molar-refractivity contribution < 1.29 is 19.1 Å². The molecule has 1 unspecified atom stereocenters. The number of esters is 1. The highest BCUT2D eigenvalue weighted by atomic mass is 16.6. The molecule has 1 amide bonds. The summed E-state index contributed by atoms with van der Waals surface area (Å²) >= 11 is 0. The fourth-order valence-electron chi connectivity index (χ4n) is 1.63. The second kappa shape index (κ2) is 8.84. The third kappa shape index (κ3) is 5.56. The molecule has 0 N–H and O–H groups in total. The minimum Gasteiger partial charge on any atom is -0.466 e. The maximum atomic E-state index is 11.7. The summed E-state index contributed by atoms with van der Waals surface area (Å²) in [4.78, 5) is 24.6. The summed E-state index contributed by atoms with van der Waals surface area (Å²) in [6, 6.07) is -0.155. The number of ether oxygens (including phenoxy) is 2. The molecule has 0 radical (unpaired) electrons. The first-order chi connectivity index (χ1) is 8.10. The van der Waals surface area contributed by atoms with Gasteiger partial charge in [-0.3, -0.25) is 4.79 Å². The van der Waals surface area contributed by atoms with Gasteiger partial charge in [-0.05, 0) is 27.2 Å². The maximum absolute atomic E-state index is 11.7. The molecule has 0 aliphatic carbocycles. The molecule has 1 atom stereocenters. The Morgan fingerprint density at radius 2 is 1.65 bits per heavy atom. The zero-order valence-electron chi connectivity index (χ0n) is 11.2. The minimum absolute atomic E-state index is 0.155. The van der Waals surface area contributed by atoms with Crippen molar-refractivity contribution in [2.24, 2.45) is 0 Å². The summed E-state index contributed by atoms with van der Waals surface area (Å²) in [5.41, 5.74) is 0. The van der Waals surface area contributed by atoms with Gasteiger partial charge in [0.1, 0.15) is 0 Å². The van der Waals surface area contributed by atoms with Crippen molar-refractivity contribution in [3.8, 4) is 0 Å². The van der Waals surface area contributed by atoms with E-state index >= 15 is 0 Å². The second-order valence-electron chi connectivity index (χ2n) is 3.56. The number of carbonyl (C=O) groups excluding carboxylic acids is 2. The first-order valence-electron chi connectivity index (χ1n) is 6.19. The predicted molar refractivity (Wildman–Crippen MR) is 64.7 cm³/mol. The quantitative estimate of drug-likeness (QED) is 0.645. The summed E-state index contributed by atoms with van der Waals surface area (Å²) in [5.74, 6) is -0.276. The molecule has 100 valence electrons. The van der Waals surface area contributed by atoms with E-state index in [0.717, 1.165) is 0 Å². The Bertz CT molecular complexity index is 243. The predicted octanol–water partition coefficient (Wildman–Crippen LogP) is 2.20. The van der Waals surface area contributed by atoms with Crippen LogP contribution in [-0.2, 0) is 14.3 Å². The van der Waals surface area contributed by atoms with Crippen LogP contribution in [-0.4, -0.2) is 42.8 Å². The van der Waals surface area contributed by atoms with Gasteiger partial charge in [-0.1, -0.05) is 6.92 Å². The van der Waals surface area contributed by atoms with Gasteiger partial charge >= 0.3 is 12.1 Å². The Morgan fingerprint density at radius 3 is 2.06 bits per heavy atom. The van der Waals surface area contributed by atoms with Gasteiger partial charge in [0, 0.05) is 12.6 Å². The van der Waals surface area contributed by atoms with Crippen LogP contribution >= 0.6 is 0 Å². The molecule has 0 aliphatic heterocycles. The summed E-state index contributed by atoms with van der Waals surface area (Å²) < 4.78 is 9.84. The van der Waals surface area contributed by atoms with Crippen molar-refractivity contribution in [3.05, 3.63) is 0 Å². The number of hydrogen-bond acceptors (Lipinski definition) is 4. The number of nitrogens with zero attached hydrogens (tertiary/aromatic N) is 1. The van der Waals surface area contributed by atoms with Crippen LogP contribution in [0.15, 0.2) is 0 Å². The van der Waals surface area contributed by atoms with E-state index in [1.165, 1.54) is 0 Å². The average molecular weight is 245 g/mol. The van der Waals surface area contributed by atoms with Gasteiger partial charge in [-0.2, -0.15) is 0 Å². The highest BCUT2D eigenvalue weighted by Gasteiger charge is 2.24. The average Bonchev–Trinajstić information content (AvgIpc) is 2.29. The van der Waals surface area contributed by atoms with Crippen LogP contribution in [0.25, 0.3) is 0 Å². The van der Waals surface area contributed by atoms with Crippen molar-refractivity contribution in [2.75, 3.05) is 19.8 Å². The fraction of sp³-hybridized carbons (Fsp3) is 0.833. The van der Waals surface area contributed by atoms with Crippen LogP contribution in [0.4, 0.5) is 4.79 Å². The Labute approximate surface area is 103 Å². The Morgan fingerprint density at radius 1 is 1.06 bits per heavy atom. The van der Waals surface area contributed by atoms with Crippen LogP contribution < -0.4 is 0 Å². The van der Waals surface area contributed by atoms with Gasteiger partial charge in [-0.25, -0.2) is 4.79 Å². The zero-order chi connectivity index (χ0) is 13.3. The van der Waals surface area contributed by atoms with E-state index in [9.17, 15) is 9.59 Å². The Balaban J connectivity index is 4.47. The lowest BCUT2D eigenvalue weighted by Crippen LogP contribution is -2.41. The van der Waals surface area contributed by atoms with Crippen LogP contribution in [0, 0.1) is 0 Å². The first kappa shape index (κ1) is 15.7. The molecule has 0 aliphatic rings. The number of hydrogen-bond donors (Lipinski definition) is 0. The maximum Gasteiger partial charge on any atom is 0.409 e. The molecular formula is C12H23NO4. The first-order valence-corrected chi connectivity index (χ1v) is 6.19. The van der Waals surface area contributed by atoms with E-state index in [2.05, 4.69) is 0 Å². The Kier molecular flexibility index (Phi) is 8.19. The Hall–Kier alpha value is -1.26. The van der Waals surface area contributed by atoms with E-state index in [1.54, 1.807) is 18.7 Å². The third-order valence-corrected chi connectivity index (χ3v) is 2.46. The lowest BCUT2D eigenvalue weighted by atomic mass is 10.1. The number of rotatable bonds is 7. The van der Waals surface area contributed by atoms with Crippen LogP contribution in [0.2, 0.25) is 0 Å². The van der Waals surface area contributed by atoms with Crippen molar-refractivity contribution in [3.63, 3.8) is 0 Å². The smallest absolute Gasteiger partial charge is 0.409 e. The van der Waals surface area contributed by atoms with Gasteiger partial charge in [-0.15, -0.1) is 0 Å². The summed E-state index contributed by atoms with van der Waals surface area (Å²) in [5, 5.41) is 0. The monoisotopic (exact) mass is 245 g/mol. The molecule has 17 heavy (non-hydrogen) atoms. The van der Waals surface area contributed by atoms with Crippen molar-refractivity contribution >= 4 is 12.1 Å². The molecule has 0 spiro atoms. The van der Waals surface area contributed by atoms with Crippen LogP contribution in [0.5, 0.6) is 0 Å². The van der Waals surface area contributed by atoms with Gasteiger partial charge < -0.3 is 14.4 Å². The highest BCUT2D eigenvalue weighted by Crippen LogP contribution is 2.11. The van der Waals surface area contributed by atoms with Crippen LogP contribution in [0.3, 0.4) is 0 Å². The summed E-state index contributed by atoms with van der Waals surface area (Å²) in [6.45, 7) is 8.55. The zero-order valence-corrected chi connectivity index (χ0v) is 11.2. The molecule has 0 saturated carbocycles. The lowest BCUT2D eigenvalue weighted by Gasteiger charge is -2.28. The van der Waals surface area contributed by atoms with E-state index < -0.39 is 0 Å². The molecule has 0 heterocycles. The SMILES string of the molecule is CCOC(=O)CC(CC)N(CC)C(=O)OCC. The molecule has 0 fully saturated rings. The van der Waals surface area contributed by atoms with Crippen molar-refractivity contribution in [1.29, 1.82) is 0 Å². The van der Waals surface area contributed by atoms with Gasteiger partial charge in [0.05, 0.1) is 19.6 Å². The minimum atomic E-state index is -0.369. The number of carbonyl (C=O) groups is 2.